The van der Waals surface area contributed by atoms with E-state index >= 15 is 0 Å². The van der Waals surface area contributed by atoms with Crippen molar-refractivity contribution in [1.29, 1.82) is 0 Å². The van der Waals surface area contributed by atoms with E-state index in [0.717, 1.165) is 28.9 Å². The predicted molar refractivity (Wildman–Crippen MR) is 106 cm³/mol. The van der Waals surface area contributed by atoms with E-state index in [2.05, 4.69) is 13.0 Å². The molecule has 1 aliphatic heterocycles. The normalized spacial score (nSPS) is 17.0. The first-order valence-corrected chi connectivity index (χ1v) is 10.2. The Kier molecular flexibility index (Phi) is 5.48. The van der Waals surface area contributed by atoms with Gasteiger partial charge in [-0.3, -0.25) is 14.2 Å². The van der Waals surface area contributed by atoms with Crippen molar-refractivity contribution in [3.8, 4) is 5.69 Å². The smallest absolute Gasteiger partial charge is 0.318 e. The highest BCUT2D eigenvalue weighted by molar-refractivity contribution is 8.00. The van der Waals surface area contributed by atoms with E-state index in [1.165, 1.54) is 18.9 Å². The topological polar surface area (TPSA) is 61.2 Å². The zero-order valence-corrected chi connectivity index (χ0v) is 17.2. The van der Waals surface area contributed by atoms with Crippen LogP contribution in [-0.4, -0.2) is 33.1 Å². The number of rotatable bonds is 4. The molecule has 1 aromatic carbocycles. The fraction of sp³-hybridized carbons (Fsp3) is 0.421. The minimum absolute atomic E-state index is 0.0612. The van der Waals surface area contributed by atoms with Crippen molar-refractivity contribution in [3.05, 3.63) is 45.4 Å². The first-order chi connectivity index (χ1) is 12.3. The average Bonchev–Trinajstić information content (AvgIpc) is 2.94. The molecule has 0 N–H and O–H groups in total. The van der Waals surface area contributed by atoms with Crippen LogP contribution in [0, 0.1) is 13.8 Å². The van der Waals surface area contributed by atoms with Crippen LogP contribution in [0.25, 0.3) is 5.69 Å². The first kappa shape index (κ1) is 19.0. The molecule has 5 nitrogen and oxygen atoms in total. The van der Waals surface area contributed by atoms with Gasteiger partial charge < -0.3 is 4.74 Å². The number of fused-ring (bicyclic) bond motifs is 1. The number of benzene rings is 1. The van der Waals surface area contributed by atoms with Gasteiger partial charge in [-0.25, -0.2) is 4.98 Å². The Hall–Kier alpha value is -1.73. The van der Waals surface area contributed by atoms with Crippen molar-refractivity contribution >= 4 is 29.5 Å². The minimum Gasteiger partial charge on any atom is -0.468 e. The number of esters is 1. The van der Waals surface area contributed by atoms with E-state index in [1.807, 2.05) is 26.0 Å². The molecule has 0 saturated carbocycles. The van der Waals surface area contributed by atoms with Crippen LogP contribution in [0.2, 0.25) is 0 Å². The number of ether oxygens (including phenoxy) is 1. The summed E-state index contributed by atoms with van der Waals surface area (Å²) in [5.74, 6) is -0.334. The molecular weight excluding hydrogens is 368 g/mol. The van der Waals surface area contributed by atoms with Gasteiger partial charge in [-0.2, -0.15) is 0 Å². The molecule has 2 heterocycles. The molecule has 0 radical (unpaired) electrons. The Morgan fingerprint density at radius 1 is 1.35 bits per heavy atom. The molecule has 1 aliphatic rings. The SMILES string of the molecule is COC(=O)[C@H](C)Sc1nc2c(c(=O)n1-c1cc(C)cc(C)c1)S[C@H](C)C2. The van der Waals surface area contributed by atoms with Crippen LogP contribution in [0.4, 0.5) is 0 Å². The molecule has 3 rings (SSSR count). The highest BCUT2D eigenvalue weighted by Gasteiger charge is 2.28. The number of hydrogen-bond acceptors (Lipinski definition) is 6. The van der Waals surface area contributed by atoms with E-state index in [0.29, 0.717) is 15.3 Å². The van der Waals surface area contributed by atoms with Gasteiger partial charge in [0.05, 0.1) is 23.4 Å². The lowest BCUT2D eigenvalue weighted by Crippen LogP contribution is -2.25. The van der Waals surface area contributed by atoms with Crippen LogP contribution in [0.3, 0.4) is 0 Å². The first-order valence-electron chi connectivity index (χ1n) is 8.46. The van der Waals surface area contributed by atoms with Gasteiger partial charge in [-0.05, 0) is 44.0 Å². The number of aryl methyl sites for hydroxylation is 2. The minimum atomic E-state index is -0.450. The Labute approximate surface area is 161 Å². The summed E-state index contributed by atoms with van der Waals surface area (Å²) in [6.45, 7) is 7.86. The average molecular weight is 391 g/mol. The maximum Gasteiger partial charge on any atom is 0.318 e. The van der Waals surface area contributed by atoms with Crippen molar-refractivity contribution in [2.75, 3.05) is 7.11 Å². The third-order valence-electron chi connectivity index (χ3n) is 4.16. The number of nitrogens with zero attached hydrogens (tertiary/aromatic N) is 2. The van der Waals surface area contributed by atoms with Gasteiger partial charge in [0.25, 0.3) is 5.56 Å². The zero-order valence-electron chi connectivity index (χ0n) is 15.5. The monoisotopic (exact) mass is 390 g/mol. The summed E-state index contributed by atoms with van der Waals surface area (Å²) >= 11 is 2.84. The van der Waals surface area contributed by atoms with Gasteiger partial charge in [-0.15, -0.1) is 11.8 Å². The molecule has 0 unspecified atom stereocenters. The van der Waals surface area contributed by atoms with E-state index in [4.69, 9.17) is 9.72 Å². The fourth-order valence-corrected chi connectivity index (χ4v) is 5.12. The summed E-state index contributed by atoms with van der Waals surface area (Å²) in [7, 11) is 1.37. The van der Waals surface area contributed by atoms with E-state index in [9.17, 15) is 9.59 Å². The maximum absolute atomic E-state index is 13.2. The summed E-state index contributed by atoms with van der Waals surface area (Å²) in [5, 5.41) is 0.413. The largest absolute Gasteiger partial charge is 0.468 e. The lowest BCUT2D eigenvalue weighted by molar-refractivity contribution is -0.139. The van der Waals surface area contributed by atoms with Crippen molar-refractivity contribution in [1.82, 2.24) is 9.55 Å². The van der Waals surface area contributed by atoms with Crippen LogP contribution < -0.4 is 5.56 Å². The third-order valence-corrected chi connectivity index (χ3v) is 6.41. The van der Waals surface area contributed by atoms with Crippen molar-refractivity contribution in [2.45, 2.75) is 54.7 Å². The summed E-state index contributed by atoms with van der Waals surface area (Å²) < 4.78 is 6.46. The standard InChI is InChI=1S/C19H22N2O3S2/c1-10-6-11(2)8-14(7-10)21-17(22)16-15(9-12(3)25-16)20-19(21)26-13(4)18(23)24-5/h6-8,12-13H,9H2,1-5H3/t12-,13+/m1/s1. The highest BCUT2D eigenvalue weighted by Crippen LogP contribution is 2.35. The van der Waals surface area contributed by atoms with E-state index in [1.54, 1.807) is 23.3 Å². The number of carbonyl (C=O) groups is 1. The Balaban J connectivity index is 2.19. The van der Waals surface area contributed by atoms with Gasteiger partial charge in [0.2, 0.25) is 0 Å². The van der Waals surface area contributed by atoms with Crippen molar-refractivity contribution < 1.29 is 9.53 Å². The Morgan fingerprint density at radius 3 is 2.62 bits per heavy atom. The maximum atomic E-state index is 13.2. The molecule has 138 valence electrons. The van der Waals surface area contributed by atoms with Gasteiger partial charge >= 0.3 is 5.97 Å². The second-order valence-electron chi connectivity index (χ2n) is 6.57. The Morgan fingerprint density at radius 2 is 2.00 bits per heavy atom. The number of methoxy groups -OCH3 is 1. The van der Waals surface area contributed by atoms with Crippen LogP contribution in [0.15, 0.2) is 33.0 Å². The highest BCUT2D eigenvalue weighted by atomic mass is 32.2. The molecule has 0 fully saturated rings. The molecule has 2 aromatic rings. The predicted octanol–water partition coefficient (Wildman–Crippen LogP) is 3.54. The molecule has 1 aromatic heterocycles. The van der Waals surface area contributed by atoms with Crippen LogP contribution in [0.1, 0.15) is 30.7 Å². The molecule has 26 heavy (non-hydrogen) atoms. The Bertz CT molecular complexity index is 903. The second kappa shape index (κ2) is 7.48. The summed E-state index contributed by atoms with van der Waals surface area (Å²) in [5.41, 5.74) is 3.69. The number of hydrogen-bond donors (Lipinski definition) is 0. The van der Waals surface area contributed by atoms with Crippen LogP contribution in [-0.2, 0) is 16.0 Å². The van der Waals surface area contributed by atoms with Crippen LogP contribution in [0.5, 0.6) is 0 Å². The third kappa shape index (κ3) is 3.69. The lowest BCUT2D eigenvalue weighted by Gasteiger charge is -2.16. The summed E-state index contributed by atoms with van der Waals surface area (Å²) in [4.78, 5) is 30.6. The molecule has 0 saturated heterocycles. The van der Waals surface area contributed by atoms with Crippen LogP contribution >= 0.6 is 23.5 Å². The van der Waals surface area contributed by atoms with Crippen molar-refractivity contribution in [2.24, 2.45) is 0 Å². The molecule has 0 amide bonds. The quantitative estimate of drug-likeness (QED) is 0.452. The molecule has 0 spiro atoms. The number of thioether (sulfide) groups is 2. The molecule has 0 aliphatic carbocycles. The number of carbonyl (C=O) groups excluding carboxylic acids is 1. The van der Waals surface area contributed by atoms with Gasteiger partial charge in [0.15, 0.2) is 5.16 Å². The molecular formula is C19H22N2O3S2. The summed E-state index contributed by atoms with van der Waals surface area (Å²) in [6.07, 6.45) is 0.767. The lowest BCUT2D eigenvalue weighted by atomic mass is 10.1. The van der Waals surface area contributed by atoms with E-state index < -0.39 is 5.25 Å². The van der Waals surface area contributed by atoms with E-state index in [-0.39, 0.29) is 11.5 Å². The van der Waals surface area contributed by atoms with Gasteiger partial charge in [0.1, 0.15) is 5.25 Å². The van der Waals surface area contributed by atoms with Gasteiger partial charge in [-0.1, -0.05) is 24.8 Å². The molecule has 2 atom stereocenters. The molecule has 0 bridgehead atoms. The fourth-order valence-electron chi connectivity index (χ4n) is 3.06. The molecule has 7 heteroatoms. The second-order valence-corrected chi connectivity index (χ2v) is 9.33. The number of aromatic nitrogens is 2. The summed E-state index contributed by atoms with van der Waals surface area (Å²) in [6, 6.07) is 6.01. The zero-order chi connectivity index (χ0) is 19.0. The van der Waals surface area contributed by atoms with Gasteiger partial charge in [0, 0.05) is 11.7 Å². The van der Waals surface area contributed by atoms with Crippen molar-refractivity contribution in [3.63, 3.8) is 0 Å².